The van der Waals surface area contributed by atoms with E-state index in [1.165, 1.54) is 7.11 Å². The van der Waals surface area contributed by atoms with E-state index in [1.54, 1.807) is 17.8 Å². The Bertz CT molecular complexity index is 566. The summed E-state index contributed by atoms with van der Waals surface area (Å²) in [5, 5.41) is 9.53. The molecule has 0 saturated carbocycles. The second-order valence-electron chi connectivity index (χ2n) is 3.06. The average molecular weight is 203 g/mol. The van der Waals surface area contributed by atoms with Gasteiger partial charge in [0.1, 0.15) is 6.07 Å². The summed E-state index contributed by atoms with van der Waals surface area (Å²) in [6, 6.07) is 2.06. The first-order valence-electron chi connectivity index (χ1n) is 4.24. The van der Waals surface area contributed by atoms with Gasteiger partial charge in [-0.15, -0.1) is 0 Å². The second-order valence-corrected chi connectivity index (χ2v) is 3.06. The highest BCUT2D eigenvalue weighted by molar-refractivity contribution is 5.88. The Morgan fingerprint density at radius 1 is 1.53 bits per heavy atom. The van der Waals surface area contributed by atoms with Crippen LogP contribution in [0.1, 0.15) is 5.56 Å². The maximum Gasteiger partial charge on any atom is 0.229 e. The number of anilines is 1. The smallest absolute Gasteiger partial charge is 0.229 e. The fourth-order valence-electron chi connectivity index (χ4n) is 1.49. The first kappa shape index (κ1) is 9.27. The van der Waals surface area contributed by atoms with Crippen LogP contribution in [0.15, 0.2) is 6.20 Å². The van der Waals surface area contributed by atoms with E-state index >= 15 is 0 Å². The molecule has 0 aromatic carbocycles. The molecule has 0 fully saturated rings. The van der Waals surface area contributed by atoms with Crippen molar-refractivity contribution < 1.29 is 4.74 Å². The van der Waals surface area contributed by atoms with Crippen LogP contribution in [-0.2, 0) is 7.05 Å². The number of nitrogens with two attached hydrogens (primary N) is 1. The van der Waals surface area contributed by atoms with Crippen LogP contribution in [0.25, 0.3) is 11.0 Å². The molecule has 6 heteroatoms. The van der Waals surface area contributed by atoms with Gasteiger partial charge in [-0.05, 0) is 0 Å². The zero-order valence-corrected chi connectivity index (χ0v) is 8.35. The average Bonchev–Trinajstić information content (AvgIpc) is 2.55. The second kappa shape index (κ2) is 3.13. The molecule has 2 aromatic rings. The van der Waals surface area contributed by atoms with Crippen LogP contribution >= 0.6 is 0 Å². The van der Waals surface area contributed by atoms with Crippen molar-refractivity contribution in [3.05, 3.63) is 11.8 Å². The molecule has 0 saturated heterocycles. The summed E-state index contributed by atoms with van der Waals surface area (Å²) >= 11 is 0. The molecule has 0 amide bonds. The molecule has 0 aliphatic carbocycles. The predicted octanol–water partition coefficient (Wildman–Crippen LogP) is 0.431. The summed E-state index contributed by atoms with van der Waals surface area (Å²) in [5.41, 5.74) is 6.59. The lowest BCUT2D eigenvalue weighted by molar-refractivity contribution is 0.403. The summed E-state index contributed by atoms with van der Waals surface area (Å²) in [5.74, 6) is 0.458. The van der Waals surface area contributed by atoms with Gasteiger partial charge in [0.25, 0.3) is 0 Å². The third kappa shape index (κ3) is 1.25. The van der Waals surface area contributed by atoms with Crippen molar-refractivity contribution in [3.8, 4) is 11.9 Å². The first-order chi connectivity index (χ1) is 7.17. The van der Waals surface area contributed by atoms with Crippen LogP contribution in [0.5, 0.6) is 5.88 Å². The van der Waals surface area contributed by atoms with E-state index in [1.807, 2.05) is 0 Å². The normalized spacial score (nSPS) is 10.2. The molecule has 0 radical (unpaired) electrons. The van der Waals surface area contributed by atoms with Crippen molar-refractivity contribution in [2.24, 2.45) is 7.05 Å². The summed E-state index contributed by atoms with van der Waals surface area (Å²) in [7, 11) is 3.27. The molecule has 15 heavy (non-hydrogen) atoms. The van der Waals surface area contributed by atoms with Crippen molar-refractivity contribution in [3.63, 3.8) is 0 Å². The van der Waals surface area contributed by atoms with Crippen molar-refractivity contribution in [1.29, 1.82) is 5.26 Å². The number of nitriles is 1. The minimum atomic E-state index is 0.130. The Morgan fingerprint density at radius 3 is 2.87 bits per heavy atom. The van der Waals surface area contributed by atoms with Crippen molar-refractivity contribution in [2.75, 3.05) is 12.8 Å². The molecule has 0 unspecified atom stereocenters. The maximum absolute atomic E-state index is 8.93. The lowest BCUT2D eigenvalue weighted by Gasteiger charge is -2.02. The highest BCUT2D eigenvalue weighted by Crippen LogP contribution is 2.27. The number of nitrogen functional groups attached to an aromatic ring is 1. The predicted molar refractivity (Wildman–Crippen MR) is 54.2 cm³/mol. The number of nitrogens with zero attached hydrogens (tertiary/aromatic N) is 4. The van der Waals surface area contributed by atoms with E-state index in [2.05, 4.69) is 16.0 Å². The number of aryl methyl sites for hydroxylation is 1. The van der Waals surface area contributed by atoms with Crippen LogP contribution in [0.2, 0.25) is 0 Å². The van der Waals surface area contributed by atoms with E-state index in [9.17, 15) is 0 Å². The van der Waals surface area contributed by atoms with Crippen LogP contribution in [-0.4, -0.2) is 21.6 Å². The highest BCUT2D eigenvalue weighted by Gasteiger charge is 2.14. The number of hydrogen-bond acceptors (Lipinski definition) is 5. The number of ether oxygens (including phenoxy) is 1. The highest BCUT2D eigenvalue weighted by atomic mass is 16.5. The number of fused-ring (bicyclic) bond motifs is 1. The number of rotatable bonds is 1. The van der Waals surface area contributed by atoms with Crippen LogP contribution in [0.4, 0.5) is 5.95 Å². The molecule has 6 nitrogen and oxygen atoms in total. The minimum Gasteiger partial charge on any atom is -0.480 e. The molecule has 2 aromatic heterocycles. The number of hydrogen-bond donors (Lipinski definition) is 1. The number of aromatic nitrogens is 3. The summed E-state index contributed by atoms with van der Waals surface area (Å²) in [4.78, 5) is 7.97. The monoisotopic (exact) mass is 203 g/mol. The van der Waals surface area contributed by atoms with Gasteiger partial charge in [0, 0.05) is 13.2 Å². The molecule has 0 bridgehead atoms. The Hall–Kier alpha value is -2.29. The largest absolute Gasteiger partial charge is 0.480 e. The Kier molecular flexibility index (Phi) is 1.94. The molecule has 2 rings (SSSR count). The zero-order chi connectivity index (χ0) is 11.0. The van der Waals surface area contributed by atoms with Crippen molar-refractivity contribution in [1.82, 2.24) is 14.5 Å². The van der Waals surface area contributed by atoms with Gasteiger partial charge in [0.05, 0.1) is 18.1 Å². The molecule has 0 atom stereocenters. The summed E-state index contributed by atoms with van der Waals surface area (Å²) in [6.07, 6.45) is 1.67. The minimum absolute atomic E-state index is 0.130. The van der Waals surface area contributed by atoms with Crippen molar-refractivity contribution >= 4 is 17.0 Å². The zero-order valence-electron chi connectivity index (χ0n) is 8.35. The fraction of sp³-hybridized carbons (Fsp3) is 0.222. The van der Waals surface area contributed by atoms with E-state index < -0.39 is 0 Å². The fourth-order valence-corrected chi connectivity index (χ4v) is 1.49. The van der Waals surface area contributed by atoms with Gasteiger partial charge in [-0.3, -0.25) is 0 Å². The Balaban J connectivity index is 2.94. The third-order valence-corrected chi connectivity index (χ3v) is 2.11. The molecular weight excluding hydrogens is 194 g/mol. The van der Waals surface area contributed by atoms with Gasteiger partial charge in [-0.25, -0.2) is 0 Å². The van der Waals surface area contributed by atoms with Gasteiger partial charge < -0.3 is 15.0 Å². The lowest BCUT2D eigenvalue weighted by Crippen LogP contribution is -2.00. The van der Waals surface area contributed by atoms with Crippen LogP contribution in [0.3, 0.4) is 0 Å². The summed E-state index contributed by atoms with van der Waals surface area (Å²) < 4.78 is 6.79. The van der Waals surface area contributed by atoms with Crippen molar-refractivity contribution in [2.45, 2.75) is 0 Å². The van der Waals surface area contributed by atoms with Gasteiger partial charge >= 0.3 is 0 Å². The third-order valence-electron chi connectivity index (χ3n) is 2.11. The molecular formula is C9H9N5O. The summed E-state index contributed by atoms with van der Waals surface area (Å²) in [6.45, 7) is 0. The van der Waals surface area contributed by atoms with E-state index in [-0.39, 0.29) is 5.95 Å². The molecule has 0 aliphatic rings. The first-order valence-corrected chi connectivity index (χ1v) is 4.24. The van der Waals surface area contributed by atoms with E-state index in [4.69, 9.17) is 15.7 Å². The van der Waals surface area contributed by atoms with Gasteiger partial charge in [0.15, 0.2) is 5.65 Å². The molecule has 2 heterocycles. The van der Waals surface area contributed by atoms with Gasteiger partial charge in [-0.2, -0.15) is 15.2 Å². The van der Waals surface area contributed by atoms with E-state index in [0.29, 0.717) is 22.5 Å². The van der Waals surface area contributed by atoms with Gasteiger partial charge in [0.2, 0.25) is 11.8 Å². The molecule has 2 N–H and O–H groups in total. The molecule has 76 valence electrons. The lowest BCUT2D eigenvalue weighted by atomic mass is 10.2. The van der Waals surface area contributed by atoms with Gasteiger partial charge in [-0.1, -0.05) is 0 Å². The molecule has 0 aliphatic heterocycles. The maximum atomic E-state index is 8.93. The Morgan fingerprint density at radius 2 is 2.27 bits per heavy atom. The SMILES string of the molecule is COc1nc(N)nc2c1c(C#N)cn2C. The topological polar surface area (TPSA) is 89.8 Å². The Labute approximate surface area is 85.9 Å². The number of methoxy groups -OCH3 is 1. The van der Waals surface area contributed by atoms with Crippen LogP contribution < -0.4 is 10.5 Å². The quantitative estimate of drug-likeness (QED) is 0.725. The van der Waals surface area contributed by atoms with E-state index in [0.717, 1.165) is 0 Å². The standard InChI is InChI=1S/C9H9N5O/c1-14-4-5(3-10)6-7(14)12-9(11)13-8(6)15-2/h4H,1-2H3,(H2,11,12,13). The molecule has 0 spiro atoms. The van der Waals surface area contributed by atoms with Crippen LogP contribution in [0, 0.1) is 11.3 Å².